The van der Waals surface area contributed by atoms with Crippen molar-refractivity contribution in [3.63, 3.8) is 0 Å². The Labute approximate surface area is 360 Å². The highest BCUT2D eigenvalue weighted by Gasteiger charge is 2.50. The number of likely N-dealkylation sites (tertiary alicyclic amines) is 1. The summed E-state index contributed by atoms with van der Waals surface area (Å²) in [5, 5.41) is 19.0. The number of pyridine rings is 1. The van der Waals surface area contributed by atoms with E-state index in [1.54, 1.807) is 18.3 Å². The predicted molar refractivity (Wildman–Crippen MR) is 236 cm³/mol. The van der Waals surface area contributed by atoms with Gasteiger partial charge in [0.05, 0.1) is 27.3 Å². The number of amides is 1. The fourth-order valence-electron chi connectivity index (χ4n) is 10.1. The molecule has 1 aliphatic carbocycles. The van der Waals surface area contributed by atoms with Crippen LogP contribution < -0.4 is 25.0 Å². The molecule has 0 bridgehead atoms. The van der Waals surface area contributed by atoms with Crippen LogP contribution >= 0.6 is 0 Å². The second kappa shape index (κ2) is 16.3. The van der Waals surface area contributed by atoms with Gasteiger partial charge < -0.3 is 25.3 Å². The van der Waals surface area contributed by atoms with Gasteiger partial charge in [-0.2, -0.15) is 0 Å². The van der Waals surface area contributed by atoms with Gasteiger partial charge in [-0.05, 0) is 97.9 Å². The number of aromatic amines is 1. The lowest BCUT2D eigenvalue weighted by Gasteiger charge is -2.56. The number of piperidine rings is 1. The Morgan fingerprint density at radius 2 is 1.84 bits per heavy atom. The Morgan fingerprint density at radius 1 is 1.06 bits per heavy atom. The molecule has 1 amide bonds. The third kappa shape index (κ3) is 8.11. The molecule has 326 valence electrons. The molecule has 62 heavy (non-hydrogen) atoms. The Bertz CT molecular complexity index is 2630. The summed E-state index contributed by atoms with van der Waals surface area (Å²) in [5.74, 6) is -1.21. The van der Waals surface area contributed by atoms with Gasteiger partial charge in [-0.3, -0.25) is 19.8 Å². The molecule has 1 spiro atoms. The van der Waals surface area contributed by atoms with Gasteiger partial charge in [-0.25, -0.2) is 22.5 Å². The summed E-state index contributed by atoms with van der Waals surface area (Å²) in [5.41, 5.74) is 3.16. The van der Waals surface area contributed by atoms with Crippen LogP contribution in [0.15, 0.2) is 84.0 Å². The van der Waals surface area contributed by atoms with Crippen molar-refractivity contribution in [3.05, 3.63) is 112 Å². The summed E-state index contributed by atoms with van der Waals surface area (Å²) < 4.78 is 51.9. The van der Waals surface area contributed by atoms with Crippen molar-refractivity contribution in [2.75, 3.05) is 49.5 Å². The molecule has 9 rings (SSSR count). The number of hydrogen-bond acceptors (Lipinski definition) is 11. The summed E-state index contributed by atoms with van der Waals surface area (Å²) >= 11 is 0. The highest BCUT2D eigenvalue weighted by atomic mass is 32.2. The number of H-pyrrole nitrogens is 1. The van der Waals surface area contributed by atoms with E-state index < -0.39 is 37.3 Å². The predicted octanol–water partition coefficient (Wildman–Crippen LogP) is 8.25. The number of benzene rings is 3. The van der Waals surface area contributed by atoms with Crippen LogP contribution in [0.3, 0.4) is 0 Å². The van der Waals surface area contributed by atoms with Crippen molar-refractivity contribution >= 4 is 44.0 Å². The lowest BCUT2D eigenvalue weighted by molar-refractivity contribution is -0.384. The molecule has 3 saturated heterocycles. The Balaban J connectivity index is 0.928. The number of fused-ring (bicyclic) bond motifs is 1. The number of nitrogens with one attached hydrogen (secondary N) is 4. The number of nitrogens with zero attached hydrogens (tertiary/aromatic N) is 4. The van der Waals surface area contributed by atoms with Crippen molar-refractivity contribution in [1.82, 2.24) is 24.9 Å². The topological polar surface area (TPSA) is 175 Å². The van der Waals surface area contributed by atoms with Crippen molar-refractivity contribution in [2.45, 2.75) is 82.2 Å². The lowest BCUT2D eigenvalue weighted by atomic mass is 9.59. The zero-order valence-electron chi connectivity index (χ0n) is 35.2. The second-order valence-electron chi connectivity index (χ2n) is 18.4. The fraction of sp³-hybridized carbons (Fsp3) is 0.435. The second-order valence-corrected chi connectivity index (χ2v) is 20.0. The highest BCUT2D eigenvalue weighted by molar-refractivity contribution is 7.90. The van der Waals surface area contributed by atoms with E-state index in [4.69, 9.17) is 4.74 Å². The number of anilines is 2. The quantitative estimate of drug-likeness (QED) is 0.0663. The van der Waals surface area contributed by atoms with Gasteiger partial charge in [0.15, 0.2) is 0 Å². The Kier molecular flexibility index (Phi) is 11.0. The Morgan fingerprint density at radius 3 is 2.56 bits per heavy atom. The number of rotatable bonds is 13. The molecular weight excluding hydrogens is 812 g/mol. The molecule has 3 aliphatic heterocycles. The van der Waals surface area contributed by atoms with E-state index in [2.05, 4.69) is 63.6 Å². The van der Waals surface area contributed by atoms with E-state index in [1.807, 2.05) is 16.5 Å². The summed E-state index contributed by atoms with van der Waals surface area (Å²) in [6, 6.07) is 19.2. The van der Waals surface area contributed by atoms with Crippen LogP contribution in [0, 0.1) is 26.8 Å². The van der Waals surface area contributed by atoms with E-state index in [-0.39, 0.29) is 39.3 Å². The number of aromatic nitrogens is 2. The summed E-state index contributed by atoms with van der Waals surface area (Å²) in [4.78, 5) is 36.9. The molecule has 5 aromatic rings. The molecule has 4 fully saturated rings. The van der Waals surface area contributed by atoms with Crippen LogP contribution in [0.2, 0.25) is 0 Å². The molecule has 0 unspecified atom stereocenters. The number of carbonyl (C=O) groups excluding carboxylic acids is 1. The van der Waals surface area contributed by atoms with Gasteiger partial charge in [0.1, 0.15) is 28.7 Å². The first-order valence-electron chi connectivity index (χ1n) is 21.5. The molecular formula is C46H53FN8O6S. The fourth-order valence-corrected chi connectivity index (χ4v) is 11.0. The summed E-state index contributed by atoms with van der Waals surface area (Å²) in [6.07, 6.45) is 9.56. The molecule has 1 saturated carbocycles. The van der Waals surface area contributed by atoms with Crippen LogP contribution in [0.4, 0.5) is 21.5 Å². The summed E-state index contributed by atoms with van der Waals surface area (Å²) in [6.45, 7) is 10.8. The molecule has 5 heterocycles. The maximum absolute atomic E-state index is 16.3. The molecule has 16 heteroatoms. The SMILES string of the molecule is CC(C)c1ccccc1[C@@H]1CCCN1C1CC2(CCN(c3cc(Oc4cnc5[nH]ccc5c4)c(C(=O)NS(=O)(=O)c4ccc(NCC5(C)CNC5)c([N+](=O)[O-])c4)cc3F)CC2)C1. The molecule has 2 aromatic heterocycles. The molecule has 0 radical (unpaired) electrons. The normalized spacial score (nSPS) is 20.0. The molecule has 14 nitrogen and oxygen atoms in total. The number of nitro benzene ring substituents is 1. The van der Waals surface area contributed by atoms with Gasteiger partial charge >= 0.3 is 0 Å². The van der Waals surface area contributed by atoms with E-state index in [0.29, 0.717) is 43.3 Å². The number of carbonyl (C=O) groups is 1. The zero-order valence-corrected chi connectivity index (χ0v) is 36.1. The van der Waals surface area contributed by atoms with Crippen molar-refractivity contribution in [2.24, 2.45) is 10.8 Å². The van der Waals surface area contributed by atoms with E-state index in [9.17, 15) is 23.3 Å². The third-order valence-corrected chi connectivity index (χ3v) is 15.0. The molecule has 3 aromatic carbocycles. The summed E-state index contributed by atoms with van der Waals surface area (Å²) in [7, 11) is -4.67. The molecule has 4 aliphatic rings. The minimum absolute atomic E-state index is 0.0685. The smallest absolute Gasteiger partial charge is 0.293 e. The Hall–Kier alpha value is -5.58. The average Bonchev–Trinajstić information content (AvgIpc) is 3.92. The van der Waals surface area contributed by atoms with Crippen molar-refractivity contribution in [3.8, 4) is 11.5 Å². The monoisotopic (exact) mass is 864 g/mol. The van der Waals surface area contributed by atoms with Gasteiger partial charge in [-0.1, -0.05) is 45.0 Å². The lowest BCUT2D eigenvalue weighted by Crippen LogP contribution is -2.55. The number of halogens is 1. The first-order chi connectivity index (χ1) is 29.7. The van der Waals surface area contributed by atoms with Crippen LogP contribution in [-0.4, -0.2) is 79.4 Å². The number of sulfonamides is 1. The van der Waals surface area contributed by atoms with Crippen LogP contribution in [0.25, 0.3) is 11.0 Å². The van der Waals surface area contributed by atoms with Gasteiger partial charge in [0.25, 0.3) is 21.6 Å². The van der Waals surface area contributed by atoms with Crippen LogP contribution in [0.1, 0.15) is 92.7 Å². The van der Waals surface area contributed by atoms with Crippen LogP contribution in [0.5, 0.6) is 11.5 Å². The first-order valence-corrected chi connectivity index (χ1v) is 23.0. The van der Waals surface area contributed by atoms with Crippen molar-refractivity contribution in [1.29, 1.82) is 0 Å². The standard InChI is InChI=1S/C46H53FN8O6S/c1-29(2)34-7-4-5-8-35(34)39-9-6-16-54(39)31-23-46(24-31)13-17-53(18-14-46)40-22-42(61-32-19-30-12-15-49-43(30)50-25-32)36(21-37(40)47)44(56)52-62(59,60)33-10-11-38(41(20-33)55(57)58)51-28-45(3)26-48-27-45/h4-5,7-8,10-12,15,19-22,25,29,31,39,48,51H,6,9,13-14,16-18,23-24,26-28H2,1-3H3,(H,49,50)(H,52,56)/t39-/m0/s1. The maximum atomic E-state index is 16.3. The number of hydrogen-bond donors (Lipinski definition) is 4. The molecule has 1 atom stereocenters. The average molecular weight is 865 g/mol. The van der Waals surface area contributed by atoms with E-state index in [1.165, 1.54) is 48.4 Å². The zero-order chi connectivity index (χ0) is 43.4. The minimum atomic E-state index is -4.67. The first kappa shape index (κ1) is 41.8. The number of ether oxygens (including phenoxy) is 1. The van der Waals surface area contributed by atoms with Crippen molar-refractivity contribution < 1.29 is 27.3 Å². The van der Waals surface area contributed by atoms with Crippen LogP contribution in [-0.2, 0) is 10.0 Å². The number of nitro groups is 1. The third-order valence-electron chi connectivity index (χ3n) is 13.7. The van der Waals surface area contributed by atoms with Gasteiger partial charge in [0, 0.05) is 73.9 Å². The van der Waals surface area contributed by atoms with Gasteiger partial charge in [0.2, 0.25) is 0 Å². The largest absolute Gasteiger partial charge is 0.455 e. The van der Waals surface area contributed by atoms with E-state index >= 15 is 4.39 Å². The molecule has 4 N–H and O–H groups in total. The maximum Gasteiger partial charge on any atom is 0.293 e. The van der Waals surface area contributed by atoms with E-state index in [0.717, 1.165) is 62.8 Å². The minimum Gasteiger partial charge on any atom is -0.455 e. The van der Waals surface area contributed by atoms with Gasteiger partial charge in [-0.15, -0.1) is 0 Å². The highest BCUT2D eigenvalue weighted by Crippen LogP contribution is 2.54.